The molecule has 7 atom stereocenters. The molecule has 3 fully saturated rings. The zero-order valence-corrected chi connectivity index (χ0v) is 18.8. The maximum Gasteiger partial charge on any atom is 0.331 e. The molecule has 0 radical (unpaired) electrons. The first-order chi connectivity index (χ1) is 15.0. The van der Waals surface area contributed by atoms with Gasteiger partial charge in [0.15, 0.2) is 11.9 Å². The third kappa shape index (κ3) is 2.76. The van der Waals surface area contributed by atoms with E-state index in [1.165, 1.54) is 13.0 Å². The molecule has 32 heavy (non-hydrogen) atoms. The zero-order valence-electron chi connectivity index (χ0n) is 18.8. The van der Waals surface area contributed by atoms with Crippen molar-refractivity contribution in [2.45, 2.75) is 71.0 Å². The Morgan fingerprint density at radius 2 is 1.91 bits per heavy atom. The van der Waals surface area contributed by atoms with Gasteiger partial charge in [0.05, 0.1) is 5.60 Å². The van der Waals surface area contributed by atoms with Crippen molar-refractivity contribution in [1.29, 1.82) is 0 Å². The highest BCUT2D eigenvalue weighted by atomic mass is 16.5. The van der Waals surface area contributed by atoms with Crippen molar-refractivity contribution in [3.8, 4) is 0 Å². The second-order valence-corrected chi connectivity index (χ2v) is 10.8. The lowest BCUT2D eigenvalue weighted by atomic mass is 9.42. The van der Waals surface area contributed by atoms with Gasteiger partial charge >= 0.3 is 11.9 Å². The maximum atomic E-state index is 13.7. The third-order valence-electron chi connectivity index (χ3n) is 9.26. The molecule has 3 saturated carbocycles. The van der Waals surface area contributed by atoms with Gasteiger partial charge in [-0.05, 0) is 48.5 Å². The van der Waals surface area contributed by atoms with Gasteiger partial charge in [0.1, 0.15) is 12.4 Å². The molecular weight excluding hydrogens is 412 g/mol. The lowest BCUT2D eigenvalue weighted by molar-refractivity contribution is -0.200. The number of Topliss-reactive ketones (excluding diaryl/α,β-unsaturated/α-hetero) is 2. The first-order valence-corrected chi connectivity index (χ1v) is 11.5. The number of carbonyl (C=O) groups excluding carboxylic acids is 4. The third-order valence-corrected chi connectivity index (χ3v) is 9.26. The standard InChI is InChI=1S/C25H30O7/c1-13(26)32-20-9-15-4-5-17-22(23(15,2)10-18(20)27)19(28)11-24(3)16(6-7-25(17,24)30)14-8-21(29)31-12-14/h6,8,15,17,20,22,30H,4-5,7,9-12H2,1-3H3/t15-,17-,20+,22-,23+,24-,25+/m1/s1. The topological polar surface area (TPSA) is 107 Å². The van der Waals surface area contributed by atoms with Gasteiger partial charge in [-0.3, -0.25) is 14.4 Å². The van der Waals surface area contributed by atoms with Crippen molar-refractivity contribution < 1.29 is 33.8 Å². The Morgan fingerprint density at radius 1 is 1.16 bits per heavy atom. The van der Waals surface area contributed by atoms with Crippen LogP contribution in [-0.4, -0.2) is 46.9 Å². The zero-order chi connectivity index (χ0) is 23.1. The molecule has 4 aliphatic carbocycles. The van der Waals surface area contributed by atoms with Crippen molar-refractivity contribution in [1.82, 2.24) is 0 Å². The summed E-state index contributed by atoms with van der Waals surface area (Å²) in [6.07, 6.45) is 5.37. The van der Waals surface area contributed by atoms with Crippen LogP contribution in [0, 0.1) is 28.6 Å². The van der Waals surface area contributed by atoms with E-state index in [1.807, 2.05) is 19.9 Å². The first kappa shape index (κ1) is 21.6. The van der Waals surface area contributed by atoms with E-state index in [1.54, 1.807) is 0 Å². The number of ketones is 2. The summed E-state index contributed by atoms with van der Waals surface area (Å²) in [4.78, 5) is 49.7. The Hall–Kier alpha value is -2.28. The average Bonchev–Trinajstić information content (AvgIpc) is 3.22. The second kappa shape index (κ2) is 6.86. The smallest absolute Gasteiger partial charge is 0.331 e. The number of hydrogen-bond acceptors (Lipinski definition) is 7. The van der Waals surface area contributed by atoms with Crippen molar-refractivity contribution in [3.63, 3.8) is 0 Å². The molecule has 0 amide bonds. The summed E-state index contributed by atoms with van der Waals surface area (Å²) in [6.45, 7) is 5.42. The number of aliphatic hydroxyl groups is 1. The highest BCUT2D eigenvalue weighted by Gasteiger charge is 2.69. The Morgan fingerprint density at radius 3 is 2.56 bits per heavy atom. The van der Waals surface area contributed by atoms with Gasteiger partial charge in [0.2, 0.25) is 0 Å². The van der Waals surface area contributed by atoms with Crippen LogP contribution in [0.3, 0.4) is 0 Å². The molecular formula is C25H30O7. The minimum Gasteiger partial charge on any atom is -0.458 e. The molecule has 0 aromatic heterocycles. The fourth-order valence-electron chi connectivity index (χ4n) is 7.76. The SMILES string of the molecule is CC(=O)O[C@H]1C[C@H]2CC[C@@H]3[C@H](C(=O)C[C@]4(C)C(C5=CC(=O)OC5)=CC[C@]34O)[C@@]2(C)CC1=O. The van der Waals surface area contributed by atoms with Crippen LogP contribution in [0.15, 0.2) is 23.3 Å². The fraction of sp³-hybridized carbons (Fsp3) is 0.680. The first-order valence-electron chi connectivity index (χ1n) is 11.5. The number of esters is 2. The molecule has 5 rings (SSSR count). The molecule has 1 N–H and O–H groups in total. The second-order valence-electron chi connectivity index (χ2n) is 10.8. The van der Waals surface area contributed by atoms with Gasteiger partial charge in [-0.2, -0.15) is 0 Å². The van der Waals surface area contributed by atoms with E-state index in [0.29, 0.717) is 19.3 Å². The van der Waals surface area contributed by atoms with Crippen LogP contribution < -0.4 is 0 Å². The summed E-state index contributed by atoms with van der Waals surface area (Å²) in [5, 5.41) is 12.1. The number of cyclic esters (lactones) is 1. The van der Waals surface area contributed by atoms with Crippen LogP contribution in [0.4, 0.5) is 0 Å². The Kier molecular flexibility index (Phi) is 4.62. The summed E-state index contributed by atoms with van der Waals surface area (Å²) in [6, 6.07) is 0. The van der Waals surface area contributed by atoms with Gasteiger partial charge in [0.25, 0.3) is 0 Å². The fourth-order valence-corrected chi connectivity index (χ4v) is 7.76. The van der Waals surface area contributed by atoms with E-state index < -0.39 is 40.4 Å². The minimum atomic E-state index is -1.11. The Labute approximate surface area is 187 Å². The van der Waals surface area contributed by atoms with Crippen molar-refractivity contribution in [2.75, 3.05) is 6.61 Å². The van der Waals surface area contributed by atoms with E-state index in [9.17, 15) is 24.3 Å². The molecule has 7 heteroatoms. The van der Waals surface area contributed by atoms with Crippen LogP contribution in [-0.2, 0) is 28.7 Å². The van der Waals surface area contributed by atoms with Crippen molar-refractivity contribution in [2.24, 2.45) is 28.6 Å². The van der Waals surface area contributed by atoms with Crippen molar-refractivity contribution in [3.05, 3.63) is 23.3 Å². The molecule has 172 valence electrons. The Balaban J connectivity index is 1.48. The molecule has 0 aromatic carbocycles. The van der Waals surface area contributed by atoms with E-state index in [0.717, 1.165) is 17.6 Å². The van der Waals surface area contributed by atoms with Gasteiger partial charge < -0.3 is 14.6 Å². The number of fused-ring (bicyclic) bond motifs is 5. The number of rotatable bonds is 2. The number of ether oxygens (including phenoxy) is 2. The van der Waals surface area contributed by atoms with E-state index in [2.05, 4.69) is 0 Å². The normalized spacial score (nSPS) is 45.3. The number of hydrogen-bond donors (Lipinski definition) is 1. The van der Waals surface area contributed by atoms with E-state index >= 15 is 0 Å². The average molecular weight is 443 g/mol. The highest BCUT2D eigenvalue weighted by molar-refractivity contribution is 5.91. The largest absolute Gasteiger partial charge is 0.458 e. The summed E-state index contributed by atoms with van der Waals surface area (Å²) in [5.41, 5.74) is -0.861. The maximum absolute atomic E-state index is 13.7. The molecule has 0 saturated heterocycles. The van der Waals surface area contributed by atoms with Gasteiger partial charge in [-0.15, -0.1) is 0 Å². The van der Waals surface area contributed by atoms with Crippen LogP contribution in [0.2, 0.25) is 0 Å². The molecule has 7 nitrogen and oxygen atoms in total. The van der Waals surface area contributed by atoms with Gasteiger partial charge in [-0.1, -0.05) is 19.9 Å². The summed E-state index contributed by atoms with van der Waals surface area (Å²) in [5.74, 6) is -1.51. The van der Waals surface area contributed by atoms with E-state index in [4.69, 9.17) is 9.47 Å². The minimum absolute atomic E-state index is 0.0757. The van der Waals surface area contributed by atoms with Crippen LogP contribution in [0.5, 0.6) is 0 Å². The van der Waals surface area contributed by atoms with Crippen LogP contribution in [0.25, 0.3) is 0 Å². The highest BCUT2D eigenvalue weighted by Crippen LogP contribution is 2.67. The summed E-state index contributed by atoms with van der Waals surface area (Å²) in [7, 11) is 0. The quantitative estimate of drug-likeness (QED) is 0.655. The predicted molar refractivity (Wildman–Crippen MR) is 112 cm³/mol. The van der Waals surface area contributed by atoms with Gasteiger partial charge in [-0.25, -0.2) is 4.79 Å². The van der Waals surface area contributed by atoms with Crippen molar-refractivity contribution >= 4 is 23.5 Å². The Bertz CT molecular complexity index is 992. The molecule has 1 aliphatic heterocycles. The summed E-state index contributed by atoms with van der Waals surface area (Å²) < 4.78 is 10.4. The lowest BCUT2D eigenvalue weighted by Gasteiger charge is -2.62. The molecule has 0 unspecified atom stereocenters. The molecule has 1 heterocycles. The predicted octanol–water partition coefficient (Wildman–Crippen LogP) is 2.45. The van der Waals surface area contributed by atoms with Crippen LogP contribution >= 0.6 is 0 Å². The summed E-state index contributed by atoms with van der Waals surface area (Å²) >= 11 is 0. The molecule has 0 spiro atoms. The molecule has 0 bridgehead atoms. The monoisotopic (exact) mass is 442 g/mol. The molecule has 5 aliphatic rings. The lowest BCUT2D eigenvalue weighted by Crippen LogP contribution is -2.65. The molecule has 0 aromatic rings. The van der Waals surface area contributed by atoms with Gasteiger partial charge in [0, 0.05) is 42.7 Å². The van der Waals surface area contributed by atoms with Crippen LogP contribution in [0.1, 0.15) is 59.3 Å². The van der Waals surface area contributed by atoms with E-state index in [-0.39, 0.29) is 42.9 Å². The number of carbonyl (C=O) groups is 4.